The summed E-state index contributed by atoms with van der Waals surface area (Å²) >= 11 is 0. The second-order valence-electron chi connectivity index (χ2n) is 9.92. The Morgan fingerprint density at radius 1 is 1.21 bits per heavy atom. The minimum Gasteiger partial charge on any atom is -0.492 e. The maximum absolute atomic E-state index is 13.5. The molecule has 0 saturated heterocycles. The van der Waals surface area contributed by atoms with Crippen molar-refractivity contribution >= 4 is 29.7 Å². The van der Waals surface area contributed by atoms with Crippen LogP contribution in [0.1, 0.15) is 40.4 Å². The van der Waals surface area contributed by atoms with Crippen LogP contribution in [-0.2, 0) is 11.6 Å². The van der Waals surface area contributed by atoms with Crippen LogP contribution in [0.25, 0.3) is 12.2 Å². The summed E-state index contributed by atoms with van der Waals surface area (Å²) < 4.78 is 46.1. The van der Waals surface area contributed by atoms with E-state index in [-0.39, 0.29) is 24.0 Å². The number of fused-ring (bicyclic) bond motifs is 1. The summed E-state index contributed by atoms with van der Waals surface area (Å²) in [6.07, 6.45) is 1.74. The third-order valence-corrected chi connectivity index (χ3v) is 6.47. The molecule has 1 aliphatic rings. The Bertz CT molecular complexity index is 1490. The average Bonchev–Trinajstić information content (AvgIpc) is 2.83. The first-order valence-corrected chi connectivity index (χ1v) is 12.1. The number of nitrogen functional groups attached to an aromatic ring is 1. The maximum Gasteiger partial charge on any atom is 0.416 e. The predicted octanol–water partition coefficient (Wildman–Crippen LogP) is 3.50. The second-order valence-corrected chi connectivity index (χ2v) is 9.92. The number of carbonyl (C=O) groups excluding carboxylic acids is 1. The van der Waals surface area contributed by atoms with Crippen LogP contribution in [0.4, 0.5) is 24.8 Å². The lowest BCUT2D eigenvalue weighted by Gasteiger charge is -2.29. The number of alkyl halides is 3. The Morgan fingerprint density at radius 3 is 2.68 bits per heavy atom. The van der Waals surface area contributed by atoms with Gasteiger partial charge >= 0.3 is 6.18 Å². The summed E-state index contributed by atoms with van der Waals surface area (Å²) in [6, 6.07) is 8.50. The van der Waals surface area contributed by atoms with Crippen LogP contribution in [0.5, 0.6) is 5.75 Å². The molecule has 4 rings (SSSR count). The van der Waals surface area contributed by atoms with Crippen molar-refractivity contribution in [3.8, 4) is 5.75 Å². The van der Waals surface area contributed by atoms with E-state index in [1.807, 2.05) is 38.1 Å². The van der Waals surface area contributed by atoms with Crippen LogP contribution in [0.2, 0.25) is 0 Å². The van der Waals surface area contributed by atoms with Crippen LogP contribution in [-0.4, -0.2) is 48.0 Å². The zero-order valence-corrected chi connectivity index (χ0v) is 21.7. The third kappa shape index (κ3) is 6.13. The summed E-state index contributed by atoms with van der Waals surface area (Å²) in [4.78, 5) is 23.4. The van der Waals surface area contributed by atoms with Crippen LogP contribution < -0.4 is 26.4 Å². The van der Waals surface area contributed by atoms with Gasteiger partial charge in [-0.15, -0.1) is 0 Å². The molecule has 7 nitrogen and oxygen atoms in total. The topological polar surface area (TPSA) is 93.4 Å². The monoisotopic (exact) mass is 525 g/mol. The zero-order valence-electron chi connectivity index (χ0n) is 21.7. The lowest BCUT2D eigenvalue weighted by molar-refractivity contribution is -0.137. The highest BCUT2D eigenvalue weighted by Crippen LogP contribution is 2.36. The molecular weight excluding hydrogens is 495 g/mol. The number of rotatable bonds is 7. The largest absolute Gasteiger partial charge is 0.492 e. The predicted molar refractivity (Wildman–Crippen MR) is 141 cm³/mol. The molecule has 1 amide bonds. The lowest BCUT2D eigenvalue weighted by atomic mass is 9.75. The van der Waals surface area contributed by atoms with E-state index in [1.165, 1.54) is 6.07 Å². The average molecular weight is 526 g/mol. The number of aromatic nitrogens is 2. The molecule has 0 saturated carbocycles. The van der Waals surface area contributed by atoms with Gasteiger partial charge in [0.25, 0.3) is 5.91 Å². The number of hydrogen-bond donors (Lipinski definition) is 2. The van der Waals surface area contributed by atoms with Crippen molar-refractivity contribution in [1.82, 2.24) is 14.9 Å². The Morgan fingerprint density at radius 2 is 1.97 bits per heavy atom. The van der Waals surface area contributed by atoms with Crippen LogP contribution in [0.15, 0.2) is 42.6 Å². The van der Waals surface area contributed by atoms with E-state index in [1.54, 1.807) is 18.3 Å². The number of nitrogens with zero attached hydrogens (tertiary/aromatic N) is 3. The number of anilines is 2. The van der Waals surface area contributed by atoms with Gasteiger partial charge in [0.1, 0.15) is 12.4 Å². The van der Waals surface area contributed by atoms with Gasteiger partial charge in [-0.2, -0.15) is 13.2 Å². The van der Waals surface area contributed by atoms with E-state index in [2.05, 4.69) is 28.3 Å². The molecule has 1 heterocycles. The highest BCUT2D eigenvalue weighted by atomic mass is 19.4. The summed E-state index contributed by atoms with van der Waals surface area (Å²) in [5.74, 6) is -0.291. The molecule has 0 aliphatic heterocycles. The van der Waals surface area contributed by atoms with E-state index in [0.29, 0.717) is 18.5 Å². The van der Waals surface area contributed by atoms with Crippen molar-refractivity contribution in [2.75, 3.05) is 38.3 Å². The first-order chi connectivity index (χ1) is 17.8. The molecule has 1 atom stereocenters. The summed E-state index contributed by atoms with van der Waals surface area (Å²) in [5, 5.41) is 4.21. The van der Waals surface area contributed by atoms with Gasteiger partial charge in [0.15, 0.2) is 0 Å². The zero-order chi connectivity index (χ0) is 27.7. The number of carbonyl (C=O) groups is 1. The fourth-order valence-electron chi connectivity index (χ4n) is 4.44. The second kappa shape index (κ2) is 10.4. The number of hydrogen-bond acceptors (Lipinski definition) is 6. The molecule has 0 bridgehead atoms. The summed E-state index contributed by atoms with van der Waals surface area (Å²) in [5.41, 5.74) is 6.58. The minimum atomic E-state index is -4.59. The standard InChI is InChI=1S/C28H30F3N5O2/c1-17-5-6-18(11-23(17)27(2)8-7-24-19(15-27)16-33-26(32)35-24)25(37)34-21-12-20(28(29,30)31)13-22(14-21)38-10-9-36(3)4/h5-7,11-16H,8-10H2,1-4H3,(H2,32,35)(H,34,37). The van der Waals surface area contributed by atoms with Crippen molar-refractivity contribution < 1.29 is 22.7 Å². The molecule has 200 valence electrons. The van der Waals surface area contributed by atoms with Gasteiger partial charge in [-0.1, -0.05) is 25.1 Å². The normalized spacial score (nSPS) is 16.8. The number of aryl methyl sites for hydroxylation is 1. The lowest BCUT2D eigenvalue weighted by Crippen LogP contribution is -2.38. The molecular formula is C28H30F3N5O2. The number of likely N-dealkylation sites (N-methyl/N-ethyl adjacent to an activating group) is 1. The number of nitrogens with two attached hydrogens (primary N) is 1. The van der Waals surface area contributed by atoms with Gasteiger partial charge in [0.2, 0.25) is 5.95 Å². The Labute approximate surface area is 218 Å². The maximum atomic E-state index is 13.5. The van der Waals surface area contributed by atoms with E-state index >= 15 is 0 Å². The van der Waals surface area contributed by atoms with E-state index in [4.69, 9.17) is 10.5 Å². The van der Waals surface area contributed by atoms with Crippen molar-refractivity contribution in [3.05, 3.63) is 75.4 Å². The van der Waals surface area contributed by atoms with Crippen LogP contribution >= 0.6 is 0 Å². The molecule has 0 radical (unpaired) electrons. The number of halogens is 3. The van der Waals surface area contributed by atoms with Gasteiger partial charge in [0.05, 0.1) is 10.9 Å². The van der Waals surface area contributed by atoms with E-state index < -0.39 is 23.1 Å². The van der Waals surface area contributed by atoms with Gasteiger partial charge in [-0.05, 0) is 62.8 Å². The molecule has 0 spiro atoms. The fourth-order valence-corrected chi connectivity index (χ4v) is 4.44. The molecule has 10 heteroatoms. The van der Waals surface area contributed by atoms with Crippen molar-refractivity contribution in [3.63, 3.8) is 0 Å². The van der Waals surface area contributed by atoms with Crippen molar-refractivity contribution in [2.24, 2.45) is 0 Å². The third-order valence-electron chi connectivity index (χ3n) is 6.47. The minimum absolute atomic E-state index is 0.000702. The Kier molecular flexibility index (Phi) is 7.46. The molecule has 1 unspecified atom stereocenters. The first-order valence-electron chi connectivity index (χ1n) is 12.1. The van der Waals surface area contributed by atoms with E-state index in [9.17, 15) is 18.0 Å². The molecule has 38 heavy (non-hydrogen) atoms. The molecule has 0 fully saturated rings. The molecule has 2 aromatic carbocycles. The number of amides is 1. The number of ether oxygens (including phenoxy) is 1. The smallest absolute Gasteiger partial charge is 0.416 e. The molecule has 1 aliphatic carbocycles. The summed E-state index contributed by atoms with van der Waals surface area (Å²) in [7, 11) is 3.67. The first kappa shape index (κ1) is 27.1. The summed E-state index contributed by atoms with van der Waals surface area (Å²) in [6.45, 7) is 4.74. The Hall–Kier alpha value is -3.92. The van der Waals surface area contributed by atoms with Gasteiger partial charge in [-0.3, -0.25) is 4.79 Å². The Balaban J connectivity index is 1.63. The van der Waals surface area contributed by atoms with Gasteiger partial charge < -0.3 is 20.7 Å². The van der Waals surface area contributed by atoms with Crippen molar-refractivity contribution in [1.29, 1.82) is 0 Å². The SMILES string of the molecule is Cc1ccc(C(=O)Nc2cc(OCCN(C)C)cc(C(F)(F)F)c2)cc1C1(C)C=c2cnc(N)nc2=CC1. The highest BCUT2D eigenvalue weighted by molar-refractivity contribution is 6.04. The molecule has 1 aromatic heterocycles. The van der Waals surface area contributed by atoms with Gasteiger partial charge in [0, 0.05) is 40.7 Å². The van der Waals surface area contributed by atoms with E-state index in [0.717, 1.165) is 33.8 Å². The highest BCUT2D eigenvalue weighted by Gasteiger charge is 2.32. The number of nitrogens with one attached hydrogen (secondary N) is 1. The molecule has 3 N–H and O–H groups in total. The fraction of sp³-hybridized carbons (Fsp3) is 0.321. The van der Waals surface area contributed by atoms with Crippen molar-refractivity contribution in [2.45, 2.75) is 31.9 Å². The molecule has 3 aromatic rings. The van der Waals surface area contributed by atoms with Crippen LogP contribution in [0, 0.1) is 6.92 Å². The quantitative estimate of drug-likeness (QED) is 0.491. The van der Waals surface area contributed by atoms with Gasteiger partial charge in [-0.25, -0.2) is 9.97 Å². The number of benzene rings is 2. The van der Waals surface area contributed by atoms with Crippen LogP contribution in [0.3, 0.4) is 0 Å².